The summed E-state index contributed by atoms with van der Waals surface area (Å²) in [6, 6.07) is 10.3. The summed E-state index contributed by atoms with van der Waals surface area (Å²) in [6.45, 7) is 1.71. The Morgan fingerprint density at radius 2 is 1.92 bits per heavy atom. The van der Waals surface area contributed by atoms with Crippen LogP contribution in [0.3, 0.4) is 0 Å². The Balaban J connectivity index is 1.87. The van der Waals surface area contributed by atoms with E-state index >= 15 is 0 Å². The van der Waals surface area contributed by atoms with Gasteiger partial charge >= 0.3 is 0 Å². The van der Waals surface area contributed by atoms with Crippen molar-refractivity contribution >= 4 is 28.8 Å². The largest absolute Gasteiger partial charge is 0.440 e. The highest BCUT2D eigenvalue weighted by atomic mass is 32.1. The van der Waals surface area contributed by atoms with E-state index in [1.807, 2.05) is 17.5 Å². The lowest BCUT2D eigenvalue weighted by atomic mass is 10.2. The fraction of sp³-hybridized carbons (Fsp3) is 0.118. The molecule has 0 saturated carbocycles. The molecule has 0 bridgehead atoms. The number of oxazole rings is 1. The predicted molar refractivity (Wildman–Crippen MR) is 92.2 cm³/mol. The highest BCUT2D eigenvalue weighted by molar-refractivity contribution is 7.13. The first-order chi connectivity index (χ1) is 11.5. The van der Waals surface area contributed by atoms with E-state index in [1.165, 1.54) is 16.2 Å². The van der Waals surface area contributed by atoms with Gasteiger partial charge in [-0.15, -0.1) is 11.3 Å². The molecule has 0 radical (unpaired) electrons. The van der Waals surface area contributed by atoms with Crippen LogP contribution in [0, 0.1) is 6.92 Å². The molecule has 7 heteroatoms. The first-order valence-corrected chi connectivity index (χ1v) is 8.04. The number of carbonyl (C=O) groups is 2. The van der Waals surface area contributed by atoms with Crippen LogP contribution in [0.5, 0.6) is 0 Å². The monoisotopic (exact) mass is 341 g/mol. The number of primary amides is 1. The first kappa shape index (κ1) is 15.9. The maximum Gasteiger partial charge on any atom is 0.280 e. The van der Waals surface area contributed by atoms with Crippen LogP contribution in [0.15, 0.2) is 46.2 Å². The van der Waals surface area contributed by atoms with E-state index in [9.17, 15) is 9.59 Å². The van der Waals surface area contributed by atoms with Crippen molar-refractivity contribution in [2.45, 2.75) is 6.92 Å². The van der Waals surface area contributed by atoms with Crippen molar-refractivity contribution in [1.29, 1.82) is 0 Å². The normalized spacial score (nSPS) is 10.6. The molecule has 3 rings (SSSR count). The average Bonchev–Trinajstić information content (AvgIpc) is 3.23. The fourth-order valence-corrected chi connectivity index (χ4v) is 2.87. The van der Waals surface area contributed by atoms with E-state index in [-0.39, 0.29) is 11.6 Å². The van der Waals surface area contributed by atoms with Crippen molar-refractivity contribution in [3.63, 3.8) is 0 Å². The Bertz CT molecular complexity index is 882. The number of benzene rings is 1. The lowest BCUT2D eigenvalue weighted by molar-refractivity contribution is 0.0984. The van der Waals surface area contributed by atoms with Crippen LogP contribution >= 0.6 is 11.3 Å². The lowest BCUT2D eigenvalue weighted by Crippen LogP contribution is -2.27. The minimum atomic E-state index is -0.511. The molecule has 3 aromatic rings. The summed E-state index contributed by atoms with van der Waals surface area (Å²) in [7, 11) is 1.64. The Morgan fingerprint density at radius 3 is 2.50 bits per heavy atom. The first-order valence-electron chi connectivity index (χ1n) is 7.16. The zero-order chi connectivity index (χ0) is 17.3. The van der Waals surface area contributed by atoms with Crippen molar-refractivity contribution < 1.29 is 14.0 Å². The minimum absolute atomic E-state index is 0.264. The summed E-state index contributed by atoms with van der Waals surface area (Å²) in [5, 5.41) is 1.92. The Morgan fingerprint density at radius 1 is 1.21 bits per heavy atom. The third kappa shape index (κ3) is 2.93. The predicted octanol–water partition coefficient (Wildman–Crippen LogP) is 3.09. The maximum absolute atomic E-state index is 12.7. The average molecular weight is 341 g/mol. The van der Waals surface area contributed by atoms with E-state index in [0.717, 1.165) is 4.88 Å². The number of rotatable bonds is 4. The van der Waals surface area contributed by atoms with Gasteiger partial charge in [-0.1, -0.05) is 6.07 Å². The number of thiophene rings is 1. The second kappa shape index (κ2) is 6.29. The number of aromatic nitrogens is 1. The number of nitrogens with zero attached hydrogens (tertiary/aromatic N) is 2. The number of nitrogens with two attached hydrogens (primary N) is 1. The fourth-order valence-electron chi connectivity index (χ4n) is 2.23. The SMILES string of the molecule is Cc1oc(-c2cccs2)nc1C(=O)N(C)c1ccc(C(N)=O)cc1. The molecule has 0 aliphatic rings. The van der Waals surface area contributed by atoms with Crippen LogP contribution in [0.2, 0.25) is 0 Å². The highest BCUT2D eigenvalue weighted by Gasteiger charge is 2.22. The molecule has 2 aromatic heterocycles. The number of aryl methyl sites for hydroxylation is 1. The van der Waals surface area contributed by atoms with Gasteiger partial charge in [0.2, 0.25) is 11.8 Å². The number of hydrogen-bond acceptors (Lipinski definition) is 5. The number of carbonyl (C=O) groups excluding carboxylic acids is 2. The van der Waals surface area contributed by atoms with Gasteiger partial charge in [0.1, 0.15) is 5.76 Å². The van der Waals surface area contributed by atoms with E-state index < -0.39 is 5.91 Å². The van der Waals surface area contributed by atoms with Gasteiger partial charge in [0.15, 0.2) is 5.69 Å². The molecule has 0 atom stereocenters. The summed E-state index contributed by atoms with van der Waals surface area (Å²) in [5.41, 5.74) is 6.50. The van der Waals surface area contributed by atoms with Gasteiger partial charge in [-0.25, -0.2) is 4.98 Å². The van der Waals surface area contributed by atoms with Crippen LogP contribution in [-0.2, 0) is 0 Å². The van der Waals surface area contributed by atoms with Crippen LogP contribution < -0.4 is 10.6 Å². The molecule has 0 unspecified atom stereocenters. The second-order valence-corrected chi connectivity index (χ2v) is 6.12. The van der Waals surface area contributed by atoms with Crippen molar-refractivity contribution in [2.75, 3.05) is 11.9 Å². The topological polar surface area (TPSA) is 89.4 Å². The van der Waals surface area contributed by atoms with Crippen LogP contribution in [0.1, 0.15) is 26.6 Å². The van der Waals surface area contributed by atoms with Crippen molar-refractivity contribution in [3.05, 3.63) is 58.8 Å². The maximum atomic E-state index is 12.7. The zero-order valence-corrected chi connectivity index (χ0v) is 14.0. The van der Waals surface area contributed by atoms with Gasteiger partial charge in [-0.05, 0) is 42.6 Å². The summed E-state index contributed by atoms with van der Waals surface area (Å²) < 4.78 is 5.61. The summed E-state index contributed by atoms with van der Waals surface area (Å²) in [6.07, 6.45) is 0. The third-order valence-corrected chi connectivity index (χ3v) is 4.43. The minimum Gasteiger partial charge on any atom is -0.440 e. The smallest absolute Gasteiger partial charge is 0.280 e. The van der Waals surface area contributed by atoms with Gasteiger partial charge in [0.05, 0.1) is 4.88 Å². The molecule has 0 saturated heterocycles. The van der Waals surface area contributed by atoms with Gasteiger partial charge in [0.25, 0.3) is 5.91 Å². The van der Waals surface area contributed by atoms with E-state index in [1.54, 1.807) is 38.2 Å². The third-order valence-electron chi connectivity index (χ3n) is 3.57. The highest BCUT2D eigenvalue weighted by Crippen LogP contribution is 2.27. The Labute approximate surface area is 142 Å². The molecular formula is C17H15N3O3S. The summed E-state index contributed by atoms with van der Waals surface area (Å²) in [4.78, 5) is 30.4. The molecule has 0 aliphatic heterocycles. The van der Waals surface area contributed by atoms with Crippen molar-refractivity contribution in [3.8, 4) is 10.8 Å². The quantitative estimate of drug-likeness (QED) is 0.789. The van der Waals surface area contributed by atoms with E-state index in [4.69, 9.17) is 10.2 Å². The molecule has 0 fully saturated rings. The standard InChI is InChI=1S/C17H15N3O3S/c1-10-14(19-16(23-10)13-4-3-9-24-13)17(22)20(2)12-7-5-11(6-8-12)15(18)21/h3-9H,1-2H3,(H2,18,21). The molecule has 2 N–H and O–H groups in total. The summed E-state index contributed by atoms with van der Waals surface area (Å²) in [5.74, 6) is 0.0988. The van der Waals surface area contributed by atoms with Gasteiger partial charge in [-0.3, -0.25) is 9.59 Å². The van der Waals surface area contributed by atoms with E-state index in [0.29, 0.717) is 22.9 Å². The molecule has 122 valence electrons. The number of hydrogen-bond donors (Lipinski definition) is 1. The molecule has 6 nitrogen and oxygen atoms in total. The van der Waals surface area contributed by atoms with Crippen LogP contribution in [0.25, 0.3) is 10.8 Å². The molecular weight excluding hydrogens is 326 g/mol. The van der Waals surface area contributed by atoms with E-state index in [2.05, 4.69) is 4.98 Å². The number of amides is 2. The van der Waals surface area contributed by atoms with Gasteiger partial charge in [-0.2, -0.15) is 0 Å². The van der Waals surface area contributed by atoms with Gasteiger partial charge < -0.3 is 15.1 Å². The Hall–Kier alpha value is -2.93. The molecule has 2 amide bonds. The molecule has 24 heavy (non-hydrogen) atoms. The molecule has 0 aliphatic carbocycles. The lowest BCUT2D eigenvalue weighted by Gasteiger charge is -2.16. The van der Waals surface area contributed by atoms with Gasteiger partial charge in [0, 0.05) is 18.3 Å². The zero-order valence-electron chi connectivity index (χ0n) is 13.1. The summed E-state index contributed by atoms with van der Waals surface area (Å²) >= 11 is 1.49. The molecule has 0 spiro atoms. The second-order valence-electron chi connectivity index (χ2n) is 5.18. The van der Waals surface area contributed by atoms with Crippen molar-refractivity contribution in [2.24, 2.45) is 5.73 Å². The van der Waals surface area contributed by atoms with Crippen LogP contribution in [-0.4, -0.2) is 23.8 Å². The van der Waals surface area contributed by atoms with Crippen LogP contribution in [0.4, 0.5) is 5.69 Å². The Kier molecular flexibility index (Phi) is 4.18. The molecule has 1 aromatic carbocycles. The number of anilines is 1. The molecule has 2 heterocycles. The van der Waals surface area contributed by atoms with Crippen molar-refractivity contribution in [1.82, 2.24) is 4.98 Å².